The standard InChI is InChI=1S/C25H27Cl2NO3/c1-3-30-24-15-19(16-28-12-11-20-8-4-5-10-23(20)29-2)14-22(27)25(24)31-17-18-7-6-9-21(26)13-18/h4-10,13-15,28H,3,11-12,16-17H2,1-2H3. The molecule has 3 aromatic rings. The van der Waals surface area contributed by atoms with Crippen molar-refractivity contribution in [3.8, 4) is 17.2 Å². The minimum atomic E-state index is 0.358. The van der Waals surface area contributed by atoms with E-state index in [4.69, 9.17) is 37.4 Å². The summed E-state index contributed by atoms with van der Waals surface area (Å²) < 4.78 is 17.2. The quantitative estimate of drug-likeness (QED) is 0.341. The summed E-state index contributed by atoms with van der Waals surface area (Å²) in [5.41, 5.74) is 3.17. The first-order valence-electron chi connectivity index (χ1n) is 10.3. The first-order chi connectivity index (χ1) is 15.1. The van der Waals surface area contributed by atoms with E-state index in [-0.39, 0.29) is 0 Å². The van der Waals surface area contributed by atoms with Gasteiger partial charge >= 0.3 is 0 Å². The molecule has 0 saturated heterocycles. The van der Waals surface area contributed by atoms with E-state index in [1.165, 1.54) is 5.56 Å². The van der Waals surface area contributed by atoms with Crippen LogP contribution in [0.1, 0.15) is 23.6 Å². The fourth-order valence-corrected chi connectivity index (χ4v) is 3.77. The number of nitrogens with one attached hydrogen (secondary N) is 1. The molecule has 0 bridgehead atoms. The molecule has 0 amide bonds. The molecule has 0 spiro atoms. The summed E-state index contributed by atoms with van der Waals surface area (Å²) in [6, 6.07) is 19.5. The molecule has 0 radical (unpaired) electrons. The minimum Gasteiger partial charge on any atom is -0.496 e. The van der Waals surface area contributed by atoms with Gasteiger partial charge in [0.05, 0.1) is 18.7 Å². The predicted molar refractivity (Wildman–Crippen MR) is 127 cm³/mol. The highest BCUT2D eigenvalue weighted by atomic mass is 35.5. The van der Waals surface area contributed by atoms with Crippen molar-refractivity contribution in [2.45, 2.75) is 26.5 Å². The van der Waals surface area contributed by atoms with E-state index in [1.54, 1.807) is 7.11 Å². The lowest BCUT2D eigenvalue weighted by molar-refractivity contribution is 0.269. The summed E-state index contributed by atoms with van der Waals surface area (Å²) in [6.45, 7) is 4.30. The Balaban J connectivity index is 1.62. The number of methoxy groups -OCH3 is 1. The summed E-state index contributed by atoms with van der Waals surface area (Å²) in [4.78, 5) is 0. The molecule has 4 nitrogen and oxygen atoms in total. The molecule has 0 heterocycles. The second-order valence-corrected chi connectivity index (χ2v) is 7.84. The van der Waals surface area contributed by atoms with Gasteiger partial charge in [0.25, 0.3) is 0 Å². The third-order valence-electron chi connectivity index (χ3n) is 4.73. The molecule has 0 aromatic heterocycles. The topological polar surface area (TPSA) is 39.7 Å². The maximum absolute atomic E-state index is 6.54. The van der Waals surface area contributed by atoms with Crippen LogP contribution in [-0.2, 0) is 19.6 Å². The van der Waals surface area contributed by atoms with E-state index in [0.29, 0.717) is 41.3 Å². The molecule has 0 atom stereocenters. The van der Waals surface area contributed by atoms with Gasteiger partial charge in [-0.1, -0.05) is 53.5 Å². The predicted octanol–water partition coefficient (Wildman–Crippen LogP) is 6.31. The largest absolute Gasteiger partial charge is 0.496 e. The van der Waals surface area contributed by atoms with Crippen LogP contribution in [0.25, 0.3) is 0 Å². The molecule has 3 rings (SSSR count). The molecule has 1 N–H and O–H groups in total. The van der Waals surface area contributed by atoms with E-state index in [0.717, 1.165) is 29.8 Å². The molecular weight excluding hydrogens is 433 g/mol. The van der Waals surface area contributed by atoms with Crippen LogP contribution in [0.4, 0.5) is 0 Å². The summed E-state index contributed by atoms with van der Waals surface area (Å²) >= 11 is 12.6. The second kappa shape index (κ2) is 11.8. The molecule has 0 unspecified atom stereocenters. The molecule has 6 heteroatoms. The van der Waals surface area contributed by atoms with Gasteiger partial charge in [-0.25, -0.2) is 0 Å². The number of hydrogen-bond acceptors (Lipinski definition) is 4. The van der Waals surface area contributed by atoms with E-state index in [9.17, 15) is 0 Å². The first-order valence-corrected chi connectivity index (χ1v) is 11.0. The van der Waals surface area contributed by atoms with Crippen molar-refractivity contribution in [1.29, 1.82) is 0 Å². The highest BCUT2D eigenvalue weighted by Gasteiger charge is 2.13. The number of para-hydroxylation sites is 1. The van der Waals surface area contributed by atoms with Gasteiger partial charge in [0.2, 0.25) is 0 Å². The fraction of sp³-hybridized carbons (Fsp3) is 0.280. The minimum absolute atomic E-state index is 0.358. The number of rotatable bonds is 11. The lowest BCUT2D eigenvalue weighted by Gasteiger charge is -2.16. The highest BCUT2D eigenvalue weighted by molar-refractivity contribution is 6.32. The molecule has 0 saturated carbocycles. The van der Waals surface area contributed by atoms with Crippen LogP contribution in [0.3, 0.4) is 0 Å². The van der Waals surface area contributed by atoms with Crippen LogP contribution >= 0.6 is 23.2 Å². The molecule has 0 aliphatic rings. The Kier molecular flexibility index (Phi) is 8.89. The molecule has 3 aromatic carbocycles. The number of halogens is 2. The highest BCUT2D eigenvalue weighted by Crippen LogP contribution is 2.37. The Morgan fingerprint density at radius 3 is 2.48 bits per heavy atom. The Hall–Kier alpha value is -2.40. The van der Waals surface area contributed by atoms with E-state index in [2.05, 4.69) is 11.4 Å². The van der Waals surface area contributed by atoms with Crippen LogP contribution in [0.5, 0.6) is 17.2 Å². The first kappa shape index (κ1) is 23.3. The number of ether oxygens (including phenoxy) is 3. The third-order valence-corrected chi connectivity index (χ3v) is 5.25. The van der Waals surface area contributed by atoms with Crippen molar-refractivity contribution < 1.29 is 14.2 Å². The number of benzene rings is 3. The maximum atomic E-state index is 6.54. The summed E-state index contributed by atoms with van der Waals surface area (Å²) in [5.74, 6) is 2.09. The van der Waals surface area contributed by atoms with Gasteiger partial charge in [-0.15, -0.1) is 0 Å². The lowest BCUT2D eigenvalue weighted by Crippen LogP contribution is -2.17. The van der Waals surface area contributed by atoms with Crippen molar-refractivity contribution >= 4 is 23.2 Å². The van der Waals surface area contributed by atoms with Crippen molar-refractivity contribution in [3.63, 3.8) is 0 Å². The maximum Gasteiger partial charge on any atom is 0.180 e. The molecular formula is C25H27Cl2NO3. The van der Waals surface area contributed by atoms with Gasteiger partial charge < -0.3 is 19.5 Å². The van der Waals surface area contributed by atoms with Crippen LogP contribution in [0, 0.1) is 0 Å². The van der Waals surface area contributed by atoms with Crippen molar-refractivity contribution in [1.82, 2.24) is 5.32 Å². The second-order valence-electron chi connectivity index (χ2n) is 7.00. The molecule has 164 valence electrons. The zero-order valence-corrected chi connectivity index (χ0v) is 19.3. The molecule has 31 heavy (non-hydrogen) atoms. The monoisotopic (exact) mass is 459 g/mol. The van der Waals surface area contributed by atoms with E-state index < -0.39 is 0 Å². The van der Waals surface area contributed by atoms with Gasteiger partial charge in [0.1, 0.15) is 12.4 Å². The van der Waals surface area contributed by atoms with Crippen LogP contribution in [-0.4, -0.2) is 20.3 Å². The molecule has 0 aliphatic carbocycles. The Labute approximate surface area is 194 Å². The smallest absolute Gasteiger partial charge is 0.180 e. The van der Waals surface area contributed by atoms with E-state index >= 15 is 0 Å². The van der Waals surface area contributed by atoms with Crippen molar-refractivity contribution in [2.75, 3.05) is 20.3 Å². The zero-order valence-electron chi connectivity index (χ0n) is 17.8. The lowest BCUT2D eigenvalue weighted by atomic mass is 10.1. The van der Waals surface area contributed by atoms with Crippen LogP contribution in [0.2, 0.25) is 10.0 Å². The van der Waals surface area contributed by atoms with Crippen LogP contribution < -0.4 is 19.5 Å². The number of hydrogen-bond donors (Lipinski definition) is 1. The normalized spacial score (nSPS) is 10.7. The summed E-state index contributed by atoms with van der Waals surface area (Å²) in [5, 5.41) is 4.65. The SMILES string of the molecule is CCOc1cc(CNCCc2ccccc2OC)cc(Cl)c1OCc1cccc(Cl)c1. The van der Waals surface area contributed by atoms with E-state index in [1.807, 2.05) is 61.5 Å². The van der Waals surface area contributed by atoms with Gasteiger partial charge in [-0.2, -0.15) is 0 Å². The Morgan fingerprint density at radius 1 is 0.871 bits per heavy atom. The Morgan fingerprint density at radius 2 is 1.71 bits per heavy atom. The van der Waals surface area contributed by atoms with Gasteiger partial charge in [-0.05, 0) is 66.9 Å². The molecule has 0 fully saturated rings. The average molecular weight is 460 g/mol. The zero-order chi connectivity index (χ0) is 22.1. The summed E-state index contributed by atoms with van der Waals surface area (Å²) in [7, 11) is 1.69. The van der Waals surface area contributed by atoms with Crippen LogP contribution in [0.15, 0.2) is 60.7 Å². The fourth-order valence-electron chi connectivity index (χ4n) is 3.27. The summed E-state index contributed by atoms with van der Waals surface area (Å²) in [6.07, 6.45) is 0.872. The average Bonchev–Trinajstić information content (AvgIpc) is 2.76. The molecule has 0 aliphatic heterocycles. The van der Waals surface area contributed by atoms with Crippen molar-refractivity contribution in [3.05, 3.63) is 87.4 Å². The Bertz CT molecular complexity index is 994. The van der Waals surface area contributed by atoms with Gasteiger partial charge in [-0.3, -0.25) is 0 Å². The third kappa shape index (κ3) is 6.79. The van der Waals surface area contributed by atoms with Gasteiger partial charge in [0.15, 0.2) is 11.5 Å². The van der Waals surface area contributed by atoms with Gasteiger partial charge in [0, 0.05) is 11.6 Å². The van der Waals surface area contributed by atoms with Crippen molar-refractivity contribution in [2.24, 2.45) is 0 Å².